The van der Waals surface area contributed by atoms with Crippen molar-refractivity contribution < 1.29 is 14.3 Å². The lowest BCUT2D eigenvalue weighted by atomic mass is 10.0. The number of nitrogens with zero attached hydrogens (tertiary/aromatic N) is 3. The molecular weight excluding hydrogens is 311 g/mol. The van der Waals surface area contributed by atoms with E-state index in [1.165, 1.54) is 6.20 Å². The Bertz CT molecular complexity index is 797. The van der Waals surface area contributed by atoms with Crippen LogP contribution in [-0.4, -0.2) is 24.2 Å². The highest BCUT2D eigenvalue weighted by Gasteiger charge is 2.16. The molecule has 0 atom stereocenters. The van der Waals surface area contributed by atoms with Crippen molar-refractivity contribution >= 4 is 17.6 Å². The van der Waals surface area contributed by atoms with Gasteiger partial charge in [0, 0.05) is 23.8 Å². The third kappa shape index (κ3) is 3.27. The summed E-state index contributed by atoms with van der Waals surface area (Å²) in [4.78, 5) is 20.1. The van der Waals surface area contributed by atoms with Crippen molar-refractivity contribution in [3.63, 3.8) is 0 Å². The molecule has 122 valence electrons. The molecule has 1 aliphatic heterocycles. The number of hydrogen-bond acceptors (Lipinski definition) is 5. The van der Waals surface area contributed by atoms with Gasteiger partial charge in [-0.05, 0) is 48.2 Å². The molecule has 1 amide bonds. The molecule has 0 unspecified atom stereocenters. The lowest BCUT2D eigenvalue weighted by Crippen LogP contribution is -2.18. The van der Waals surface area contributed by atoms with E-state index in [0.717, 1.165) is 42.7 Å². The van der Waals surface area contributed by atoms with E-state index in [1.807, 2.05) is 12.1 Å². The van der Waals surface area contributed by atoms with Crippen LogP contribution in [0, 0.1) is 11.3 Å². The van der Waals surface area contributed by atoms with Crippen LogP contribution in [-0.2, 0) is 4.94 Å². The van der Waals surface area contributed by atoms with Crippen molar-refractivity contribution in [2.24, 2.45) is 0 Å². The predicted molar refractivity (Wildman–Crippen MR) is 87.0 cm³/mol. The Morgan fingerprint density at radius 1 is 1.25 bits per heavy atom. The van der Waals surface area contributed by atoms with Crippen LogP contribution in [0.2, 0.25) is 0 Å². The molecule has 1 aliphatic rings. The Labute approximate surface area is 138 Å². The highest BCUT2D eigenvalue weighted by molar-refractivity contribution is 5.84. The summed E-state index contributed by atoms with van der Waals surface area (Å²) in [6.07, 6.45) is 2.53. The molecule has 6 nitrogen and oxygen atoms in total. The zero-order valence-corrected chi connectivity index (χ0v) is 12.8. The zero-order chi connectivity index (χ0) is 16.9. The molecule has 1 N–H and O–H groups in total. The molecule has 0 saturated carbocycles. The number of aromatic nitrogens is 1. The lowest BCUT2D eigenvalue weighted by molar-refractivity contribution is -0.0544. The molecule has 0 bridgehead atoms. The quantitative estimate of drug-likeness (QED) is 0.931. The molecule has 2 heterocycles. The highest BCUT2D eigenvalue weighted by Crippen LogP contribution is 2.29. The van der Waals surface area contributed by atoms with E-state index in [9.17, 15) is 14.6 Å². The minimum atomic E-state index is -1.23. The first-order valence-electron chi connectivity index (χ1n) is 7.56. The maximum atomic E-state index is 11.8. The van der Waals surface area contributed by atoms with Crippen LogP contribution in [0.1, 0.15) is 18.4 Å². The van der Waals surface area contributed by atoms with E-state index in [-0.39, 0.29) is 5.82 Å². The standard InChI is InChI=1S/C17H15FN4O2/c18-24-17(23)21-16-10-13(5-6-20-16)12-3-4-15(14(9-12)11-19)22-7-1-2-8-22/h3-6,9-10H,1-2,7-8H2,(H,20,21,23). The maximum absolute atomic E-state index is 11.8. The van der Waals surface area contributed by atoms with Gasteiger partial charge in [0.05, 0.1) is 11.3 Å². The van der Waals surface area contributed by atoms with Crippen molar-refractivity contribution in [1.82, 2.24) is 4.98 Å². The summed E-state index contributed by atoms with van der Waals surface area (Å²) in [5, 5.41) is 11.6. The molecule has 2 aromatic rings. The smallest absolute Gasteiger partial charge is 0.370 e. The molecule has 1 aromatic carbocycles. The summed E-state index contributed by atoms with van der Waals surface area (Å²) in [6, 6.07) is 11.2. The molecule has 1 fully saturated rings. The fourth-order valence-electron chi connectivity index (χ4n) is 2.84. The van der Waals surface area contributed by atoms with Gasteiger partial charge in [-0.3, -0.25) is 5.32 Å². The van der Waals surface area contributed by atoms with Crippen LogP contribution >= 0.6 is 0 Å². The second-order valence-electron chi connectivity index (χ2n) is 5.46. The first-order chi connectivity index (χ1) is 11.7. The molecule has 0 aliphatic carbocycles. The molecule has 0 spiro atoms. The number of rotatable bonds is 3. The molecule has 0 radical (unpaired) electrons. The minimum absolute atomic E-state index is 0.164. The number of nitriles is 1. The molecule has 24 heavy (non-hydrogen) atoms. The number of nitrogens with one attached hydrogen (secondary N) is 1. The molecule has 7 heteroatoms. The van der Waals surface area contributed by atoms with Crippen LogP contribution in [0.15, 0.2) is 36.5 Å². The van der Waals surface area contributed by atoms with Crippen LogP contribution in [0.3, 0.4) is 0 Å². The lowest BCUT2D eigenvalue weighted by Gasteiger charge is -2.19. The number of carbonyl (C=O) groups excluding carboxylic acids is 1. The molecule has 1 saturated heterocycles. The second kappa shape index (κ2) is 6.96. The largest absolute Gasteiger partial charge is 0.450 e. The number of benzene rings is 1. The first kappa shape index (κ1) is 15.7. The van der Waals surface area contributed by atoms with Crippen LogP contribution in [0.4, 0.5) is 20.8 Å². The Hall–Kier alpha value is -3.14. The van der Waals surface area contributed by atoms with Gasteiger partial charge in [-0.15, -0.1) is 0 Å². The second-order valence-corrected chi connectivity index (χ2v) is 5.46. The monoisotopic (exact) mass is 326 g/mol. The summed E-state index contributed by atoms with van der Waals surface area (Å²) in [6.45, 7) is 1.92. The normalized spacial score (nSPS) is 13.4. The van der Waals surface area contributed by atoms with E-state index in [2.05, 4.69) is 26.2 Å². The zero-order valence-electron chi connectivity index (χ0n) is 12.8. The van der Waals surface area contributed by atoms with E-state index in [4.69, 9.17) is 0 Å². The van der Waals surface area contributed by atoms with Crippen molar-refractivity contribution in [2.45, 2.75) is 12.8 Å². The van der Waals surface area contributed by atoms with Crippen molar-refractivity contribution in [2.75, 3.05) is 23.3 Å². The molecule has 1 aromatic heterocycles. The SMILES string of the molecule is N#Cc1cc(-c2ccnc(NC(=O)OF)c2)ccc1N1CCCC1. The van der Waals surface area contributed by atoms with E-state index in [0.29, 0.717) is 5.56 Å². The molecule has 3 rings (SSSR count). The Kier molecular flexibility index (Phi) is 4.57. The van der Waals surface area contributed by atoms with E-state index < -0.39 is 6.09 Å². The van der Waals surface area contributed by atoms with E-state index >= 15 is 0 Å². The number of hydrogen-bond donors (Lipinski definition) is 1. The minimum Gasteiger partial charge on any atom is -0.370 e. The van der Waals surface area contributed by atoms with Gasteiger partial charge in [0.15, 0.2) is 0 Å². The van der Waals surface area contributed by atoms with Gasteiger partial charge < -0.3 is 4.90 Å². The Morgan fingerprint density at radius 2 is 2.00 bits per heavy atom. The van der Waals surface area contributed by atoms with Crippen molar-refractivity contribution in [1.29, 1.82) is 5.26 Å². The summed E-state index contributed by atoms with van der Waals surface area (Å²) in [5.74, 6) is 0.164. The molecular formula is C17H15FN4O2. The third-order valence-corrected chi connectivity index (χ3v) is 3.96. The van der Waals surface area contributed by atoms with Crippen LogP contribution < -0.4 is 10.2 Å². The topological polar surface area (TPSA) is 78.2 Å². The fraction of sp³-hybridized carbons (Fsp3) is 0.235. The summed E-state index contributed by atoms with van der Waals surface area (Å²) >= 11 is 0. The van der Waals surface area contributed by atoms with E-state index in [1.54, 1.807) is 18.2 Å². The van der Waals surface area contributed by atoms with Gasteiger partial charge in [0.2, 0.25) is 0 Å². The third-order valence-electron chi connectivity index (χ3n) is 3.96. The van der Waals surface area contributed by atoms with Gasteiger partial charge in [-0.2, -0.15) is 5.26 Å². The summed E-state index contributed by atoms with van der Waals surface area (Å²) < 4.78 is 11.8. The number of anilines is 2. The number of halogens is 1. The van der Waals surface area contributed by atoms with Gasteiger partial charge in [0.25, 0.3) is 0 Å². The van der Waals surface area contributed by atoms with Crippen molar-refractivity contribution in [3.8, 4) is 17.2 Å². The summed E-state index contributed by atoms with van der Waals surface area (Å²) in [5.41, 5.74) is 3.10. The number of carbonyl (C=O) groups is 1. The van der Waals surface area contributed by atoms with Gasteiger partial charge in [0.1, 0.15) is 11.9 Å². The van der Waals surface area contributed by atoms with Gasteiger partial charge in [-0.1, -0.05) is 6.07 Å². The Balaban J connectivity index is 1.91. The van der Waals surface area contributed by atoms with Crippen LogP contribution in [0.25, 0.3) is 11.1 Å². The fourth-order valence-corrected chi connectivity index (χ4v) is 2.84. The average molecular weight is 326 g/mol. The summed E-state index contributed by atoms with van der Waals surface area (Å²) in [7, 11) is 0. The number of amides is 1. The maximum Gasteiger partial charge on any atom is 0.450 e. The van der Waals surface area contributed by atoms with Crippen LogP contribution in [0.5, 0.6) is 0 Å². The predicted octanol–water partition coefficient (Wildman–Crippen LogP) is 3.65. The number of pyridine rings is 1. The highest BCUT2D eigenvalue weighted by atomic mass is 19.3. The van der Waals surface area contributed by atoms with Gasteiger partial charge in [-0.25, -0.2) is 14.7 Å². The first-order valence-corrected chi connectivity index (χ1v) is 7.56. The average Bonchev–Trinajstić information content (AvgIpc) is 3.15. The van der Waals surface area contributed by atoms with Crippen molar-refractivity contribution in [3.05, 3.63) is 42.1 Å². The Morgan fingerprint density at radius 3 is 2.71 bits per heavy atom. The van der Waals surface area contributed by atoms with Gasteiger partial charge >= 0.3 is 6.09 Å².